The van der Waals surface area contributed by atoms with E-state index in [-0.39, 0.29) is 11.2 Å². The van der Waals surface area contributed by atoms with Crippen molar-refractivity contribution < 1.29 is 14.6 Å². The molecule has 7 atom stereocenters. The second-order valence-corrected chi connectivity index (χ2v) is 10.5. The van der Waals surface area contributed by atoms with Crippen LogP contribution in [0.2, 0.25) is 0 Å². The predicted molar refractivity (Wildman–Crippen MR) is 104 cm³/mol. The Bertz CT molecular complexity index is 626. The molecule has 0 aromatic rings. The maximum absolute atomic E-state index is 11.3. The van der Waals surface area contributed by atoms with Gasteiger partial charge in [0.1, 0.15) is 0 Å². The molecule has 4 rings (SSSR count). The van der Waals surface area contributed by atoms with Crippen LogP contribution in [0, 0.1) is 45.8 Å². The normalized spacial score (nSPS) is 51.0. The molecule has 27 heavy (non-hydrogen) atoms. The largest absolute Gasteiger partial charge is 0.388 e. The summed E-state index contributed by atoms with van der Waals surface area (Å²) in [5.41, 5.74) is -0.492. The number of aliphatic hydroxyl groups is 1. The minimum Gasteiger partial charge on any atom is -0.388 e. The van der Waals surface area contributed by atoms with Crippen LogP contribution in [0.15, 0.2) is 0 Å². The van der Waals surface area contributed by atoms with Crippen LogP contribution in [-0.4, -0.2) is 30.7 Å². The molecule has 0 saturated heterocycles. The predicted octanol–water partition coefficient (Wildman–Crippen LogP) is 4.66. The van der Waals surface area contributed by atoms with Gasteiger partial charge in [-0.25, -0.2) is 0 Å². The zero-order valence-corrected chi connectivity index (χ0v) is 17.6. The van der Waals surface area contributed by atoms with E-state index < -0.39 is 5.60 Å². The Morgan fingerprint density at radius 1 is 0.963 bits per heavy atom. The molecule has 0 aliphatic heterocycles. The first-order chi connectivity index (χ1) is 12.8. The summed E-state index contributed by atoms with van der Waals surface area (Å²) >= 11 is 0. The molecule has 0 unspecified atom stereocenters. The summed E-state index contributed by atoms with van der Waals surface area (Å²) in [5.74, 6) is 2.29. The fourth-order valence-electron chi connectivity index (χ4n) is 8.18. The summed E-state index contributed by atoms with van der Waals surface area (Å²) in [4.78, 5) is 0. The molecule has 0 bridgehead atoms. The van der Waals surface area contributed by atoms with Gasteiger partial charge in [-0.1, -0.05) is 13.8 Å². The Balaban J connectivity index is 1.59. The fraction of sp³-hybridized carbons (Fsp3) is 0.957. The maximum atomic E-state index is 11.3. The first-order valence-corrected chi connectivity index (χ1v) is 11.0. The molecule has 0 radical (unpaired) electrons. The van der Waals surface area contributed by atoms with Crippen LogP contribution in [0.3, 0.4) is 0 Å². The van der Waals surface area contributed by atoms with Crippen LogP contribution < -0.4 is 0 Å². The molecule has 4 fully saturated rings. The van der Waals surface area contributed by atoms with Crippen molar-refractivity contribution in [1.29, 1.82) is 5.26 Å². The molecule has 1 N–H and O–H groups in total. The molecule has 0 aromatic heterocycles. The van der Waals surface area contributed by atoms with Gasteiger partial charge in [0, 0.05) is 32.5 Å². The molecule has 0 aromatic carbocycles. The van der Waals surface area contributed by atoms with Crippen LogP contribution in [-0.2, 0) is 9.47 Å². The number of nitriles is 1. The van der Waals surface area contributed by atoms with Crippen LogP contribution in [0.25, 0.3) is 0 Å². The fourth-order valence-corrected chi connectivity index (χ4v) is 8.18. The molecule has 0 heterocycles. The van der Waals surface area contributed by atoms with Crippen molar-refractivity contribution in [2.45, 2.75) is 89.4 Å². The number of hydrogen-bond acceptors (Lipinski definition) is 4. The van der Waals surface area contributed by atoms with Crippen molar-refractivity contribution in [1.82, 2.24) is 0 Å². The standard InChI is InChI=1S/C23H37NO3/c1-20-11-12-23(26-3,27-4)15-16(20)5-6-17-18(20)7-9-21(2)19(17)8-10-22(21,25)13-14-24/h16-19,25H,5-13,15H2,1-4H3/t16-,17+,18-,19-,20-,21-,22+/m0/s1. The van der Waals surface area contributed by atoms with Gasteiger partial charge in [-0.05, 0) is 74.0 Å². The first-order valence-electron chi connectivity index (χ1n) is 11.0. The molecule has 152 valence electrons. The number of ether oxygens (including phenoxy) is 2. The van der Waals surface area contributed by atoms with Gasteiger partial charge in [-0.2, -0.15) is 5.26 Å². The van der Waals surface area contributed by atoms with Crippen molar-refractivity contribution in [3.63, 3.8) is 0 Å². The monoisotopic (exact) mass is 375 g/mol. The van der Waals surface area contributed by atoms with Gasteiger partial charge in [0.2, 0.25) is 0 Å². The highest BCUT2D eigenvalue weighted by Crippen LogP contribution is 2.69. The third-order valence-corrected chi connectivity index (χ3v) is 10.1. The summed E-state index contributed by atoms with van der Waals surface area (Å²) in [6, 6.07) is 2.28. The van der Waals surface area contributed by atoms with Crippen LogP contribution in [0.5, 0.6) is 0 Å². The summed E-state index contributed by atoms with van der Waals surface area (Å²) in [6.07, 6.45) is 10.1. The van der Waals surface area contributed by atoms with E-state index in [0.29, 0.717) is 29.6 Å². The average Bonchev–Trinajstić information content (AvgIpc) is 2.93. The molecular weight excluding hydrogens is 338 g/mol. The Hall–Kier alpha value is -0.630. The van der Waals surface area contributed by atoms with Gasteiger partial charge in [-0.3, -0.25) is 0 Å². The highest BCUT2D eigenvalue weighted by molar-refractivity contribution is 5.15. The van der Waals surface area contributed by atoms with E-state index in [4.69, 9.17) is 9.47 Å². The van der Waals surface area contributed by atoms with E-state index in [1.807, 2.05) is 0 Å². The highest BCUT2D eigenvalue weighted by atomic mass is 16.7. The van der Waals surface area contributed by atoms with Gasteiger partial charge < -0.3 is 14.6 Å². The number of fused-ring (bicyclic) bond motifs is 5. The zero-order chi connectivity index (χ0) is 19.5. The molecule has 4 aliphatic carbocycles. The number of nitrogens with zero attached hydrogens (tertiary/aromatic N) is 1. The van der Waals surface area contributed by atoms with E-state index >= 15 is 0 Å². The van der Waals surface area contributed by atoms with E-state index in [1.54, 1.807) is 14.2 Å². The molecule has 4 saturated carbocycles. The van der Waals surface area contributed by atoms with E-state index in [9.17, 15) is 10.4 Å². The van der Waals surface area contributed by atoms with Gasteiger partial charge in [-0.15, -0.1) is 0 Å². The lowest BCUT2D eigenvalue weighted by molar-refractivity contribution is -0.262. The first kappa shape index (κ1) is 19.7. The van der Waals surface area contributed by atoms with Crippen LogP contribution in [0.1, 0.15) is 78.1 Å². The van der Waals surface area contributed by atoms with Crippen molar-refractivity contribution in [2.24, 2.45) is 34.5 Å². The summed E-state index contributed by atoms with van der Waals surface area (Å²) in [6.45, 7) is 4.82. The smallest absolute Gasteiger partial charge is 0.167 e. The average molecular weight is 376 g/mol. The Labute approximate surface area is 164 Å². The lowest BCUT2D eigenvalue weighted by Crippen LogP contribution is -2.58. The summed E-state index contributed by atoms with van der Waals surface area (Å²) < 4.78 is 11.6. The Morgan fingerprint density at radius 3 is 2.33 bits per heavy atom. The van der Waals surface area contributed by atoms with Crippen molar-refractivity contribution in [3.05, 3.63) is 0 Å². The third kappa shape index (κ3) is 2.57. The van der Waals surface area contributed by atoms with Crippen LogP contribution in [0.4, 0.5) is 0 Å². The molecular formula is C23H37NO3. The second kappa shape index (κ2) is 6.44. The van der Waals surface area contributed by atoms with Crippen molar-refractivity contribution in [3.8, 4) is 6.07 Å². The zero-order valence-electron chi connectivity index (χ0n) is 17.6. The van der Waals surface area contributed by atoms with E-state index in [2.05, 4.69) is 19.9 Å². The van der Waals surface area contributed by atoms with E-state index in [1.165, 1.54) is 25.7 Å². The lowest BCUT2D eigenvalue weighted by atomic mass is 9.44. The lowest BCUT2D eigenvalue weighted by Gasteiger charge is -2.62. The number of rotatable bonds is 3. The van der Waals surface area contributed by atoms with Gasteiger partial charge in [0.15, 0.2) is 5.79 Å². The van der Waals surface area contributed by atoms with Crippen molar-refractivity contribution >= 4 is 0 Å². The third-order valence-electron chi connectivity index (χ3n) is 10.1. The second-order valence-electron chi connectivity index (χ2n) is 10.5. The van der Waals surface area contributed by atoms with Crippen LogP contribution >= 0.6 is 0 Å². The molecule has 4 heteroatoms. The van der Waals surface area contributed by atoms with E-state index in [0.717, 1.165) is 38.0 Å². The molecule has 0 spiro atoms. The maximum Gasteiger partial charge on any atom is 0.167 e. The Morgan fingerprint density at radius 2 is 1.67 bits per heavy atom. The molecule has 4 nitrogen and oxygen atoms in total. The van der Waals surface area contributed by atoms with Gasteiger partial charge >= 0.3 is 0 Å². The summed E-state index contributed by atoms with van der Waals surface area (Å²) in [5, 5.41) is 20.6. The molecule has 0 amide bonds. The van der Waals surface area contributed by atoms with Gasteiger partial charge in [0.25, 0.3) is 0 Å². The SMILES string of the molecule is COC1(OC)CC[C@@]2(C)[C@@H](CC[C@@H]3[C@@H]2CC[C@@]2(C)[C@H]3CC[C@@]2(O)CC#N)C1. The molecule has 4 aliphatic rings. The number of methoxy groups -OCH3 is 2. The topological polar surface area (TPSA) is 62.5 Å². The minimum absolute atomic E-state index is 0.0788. The van der Waals surface area contributed by atoms with Gasteiger partial charge in [0.05, 0.1) is 18.1 Å². The quantitative estimate of drug-likeness (QED) is 0.729. The summed E-state index contributed by atoms with van der Waals surface area (Å²) in [7, 11) is 3.58. The minimum atomic E-state index is -0.775. The highest BCUT2D eigenvalue weighted by Gasteiger charge is 2.65. The Kier molecular flexibility index (Phi) is 4.69. The van der Waals surface area contributed by atoms with Crippen molar-refractivity contribution in [2.75, 3.05) is 14.2 Å². The number of hydrogen-bond donors (Lipinski definition) is 1.